The lowest BCUT2D eigenvalue weighted by atomic mass is 10.2. The summed E-state index contributed by atoms with van der Waals surface area (Å²) < 4.78 is 11.9. The lowest BCUT2D eigenvalue weighted by Gasteiger charge is -2.08. The van der Waals surface area contributed by atoms with Crippen LogP contribution in [0, 0.1) is 0 Å². The Hall–Kier alpha value is -1.19. The molecule has 9 heteroatoms. The molecule has 1 aliphatic rings. The first-order valence-electron chi connectivity index (χ1n) is 6.96. The highest BCUT2D eigenvalue weighted by Crippen LogP contribution is 2.28. The van der Waals surface area contributed by atoms with Gasteiger partial charge in [-0.1, -0.05) is 30.0 Å². The van der Waals surface area contributed by atoms with Gasteiger partial charge in [-0.05, 0) is 12.8 Å². The number of ether oxygens (including phenoxy) is 1. The van der Waals surface area contributed by atoms with E-state index in [-0.39, 0.29) is 0 Å². The molecule has 0 radical (unpaired) electrons. The number of hydrogen-bond acceptors (Lipinski definition) is 9. The monoisotopic (exact) mass is 327 g/mol. The van der Waals surface area contributed by atoms with Gasteiger partial charge in [0.15, 0.2) is 4.34 Å². The van der Waals surface area contributed by atoms with Gasteiger partial charge in [0.05, 0.1) is 11.9 Å². The highest BCUT2D eigenvalue weighted by atomic mass is 32.2. The Balaban J connectivity index is 1.45. The number of nitrogens with one attached hydrogen (secondary N) is 1. The predicted octanol–water partition coefficient (Wildman–Crippen LogP) is 2.37. The van der Waals surface area contributed by atoms with Gasteiger partial charge in [0.1, 0.15) is 0 Å². The zero-order valence-electron chi connectivity index (χ0n) is 11.7. The van der Waals surface area contributed by atoms with Crippen LogP contribution in [0.15, 0.2) is 8.76 Å². The van der Waals surface area contributed by atoms with Crippen LogP contribution < -0.4 is 5.32 Å². The molecule has 1 saturated heterocycles. The smallest absolute Gasteiger partial charge is 0.226 e. The van der Waals surface area contributed by atoms with E-state index in [0.717, 1.165) is 41.9 Å². The van der Waals surface area contributed by atoms with Crippen molar-refractivity contribution in [2.45, 2.75) is 42.4 Å². The van der Waals surface area contributed by atoms with Gasteiger partial charge in [-0.15, -0.1) is 20.4 Å². The summed E-state index contributed by atoms with van der Waals surface area (Å²) in [5.74, 6) is 1.91. The first-order chi connectivity index (χ1) is 10.3. The molecule has 0 aliphatic carbocycles. The third-order valence-electron chi connectivity index (χ3n) is 3.04. The molecule has 1 N–H and O–H groups in total. The topological polar surface area (TPSA) is 86.0 Å². The van der Waals surface area contributed by atoms with Crippen molar-refractivity contribution in [1.82, 2.24) is 20.4 Å². The van der Waals surface area contributed by atoms with Gasteiger partial charge in [-0.2, -0.15) is 0 Å². The Labute approximate surface area is 130 Å². The van der Waals surface area contributed by atoms with Crippen LogP contribution >= 0.6 is 23.1 Å². The van der Waals surface area contributed by atoms with Crippen molar-refractivity contribution in [3.8, 4) is 0 Å². The number of aromatic nitrogens is 4. The van der Waals surface area contributed by atoms with Gasteiger partial charge < -0.3 is 14.5 Å². The second kappa shape index (κ2) is 7.19. The fourth-order valence-electron chi connectivity index (χ4n) is 1.96. The van der Waals surface area contributed by atoms with Crippen LogP contribution in [-0.4, -0.2) is 39.7 Å². The van der Waals surface area contributed by atoms with E-state index in [4.69, 9.17) is 9.15 Å². The lowest BCUT2D eigenvalue weighted by Crippen LogP contribution is -2.18. The molecule has 2 aromatic rings. The van der Waals surface area contributed by atoms with Gasteiger partial charge in [0, 0.05) is 19.6 Å². The van der Waals surface area contributed by atoms with Gasteiger partial charge >= 0.3 is 0 Å². The standard InChI is InChI=1S/C12H17N5O2S2/c1-2-9-14-15-10(19-9)7-20-12-17-16-11(21-12)13-6-8-4-3-5-18-8/h8H,2-7H2,1H3,(H,13,16). The van der Waals surface area contributed by atoms with Crippen LogP contribution in [0.5, 0.6) is 0 Å². The summed E-state index contributed by atoms with van der Waals surface area (Å²) in [4.78, 5) is 0. The van der Waals surface area contributed by atoms with Crippen molar-refractivity contribution >= 4 is 28.2 Å². The summed E-state index contributed by atoms with van der Waals surface area (Å²) in [6.45, 7) is 3.65. The van der Waals surface area contributed by atoms with E-state index < -0.39 is 0 Å². The summed E-state index contributed by atoms with van der Waals surface area (Å²) in [6, 6.07) is 0. The quantitative estimate of drug-likeness (QED) is 0.776. The van der Waals surface area contributed by atoms with Crippen LogP contribution in [-0.2, 0) is 16.9 Å². The van der Waals surface area contributed by atoms with Gasteiger partial charge in [0.25, 0.3) is 0 Å². The zero-order chi connectivity index (χ0) is 14.5. The van der Waals surface area contributed by atoms with Crippen molar-refractivity contribution in [2.24, 2.45) is 0 Å². The molecule has 0 spiro atoms. The minimum absolute atomic E-state index is 0.302. The summed E-state index contributed by atoms with van der Waals surface area (Å²) in [6.07, 6.45) is 3.32. The number of thioether (sulfide) groups is 1. The molecular weight excluding hydrogens is 310 g/mol. The highest BCUT2D eigenvalue weighted by molar-refractivity contribution is 8.00. The van der Waals surface area contributed by atoms with E-state index in [2.05, 4.69) is 25.7 Å². The van der Waals surface area contributed by atoms with E-state index in [0.29, 0.717) is 23.6 Å². The maximum absolute atomic E-state index is 5.56. The van der Waals surface area contributed by atoms with Gasteiger partial charge in [-0.25, -0.2) is 0 Å². The molecule has 1 atom stereocenters. The number of nitrogens with zero attached hydrogens (tertiary/aromatic N) is 4. The maximum atomic E-state index is 5.56. The molecule has 1 unspecified atom stereocenters. The van der Waals surface area contributed by atoms with Crippen molar-refractivity contribution in [2.75, 3.05) is 18.5 Å². The van der Waals surface area contributed by atoms with Crippen LogP contribution in [0.25, 0.3) is 0 Å². The SMILES string of the molecule is CCc1nnc(CSc2nnc(NCC3CCCO3)s2)o1. The van der Waals surface area contributed by atoms with Crippen molar-refractivity contribution in [3.63, 3.8) is 0 Å². The summed E-state index contributed by atoms with van der Waals surface area (Å²) >= 11 is 3.09. The zero-order valence-corrected chi connectivity index (χ0v) is 13.4. The van der Waals surface area contributed by atoms with Crippen LogP contribution in [0.4, 0.5) is 5.13 Å². The first-order valence-corrected chi connectivity index (χ1v) is 8.76. The number of hydrogen-bond donors (Lipinski definition) is 1. The second-order valence-corrected chi connectivity index (χ2v) is 6.82. The Morgan fingerprint density at radius 2 is 2.19 bits per heavy atom. The molecule has 21 heavy (non-hydrogen) atoms. The Morgan fingerprint density at radius 3 is 2.95 bits per heavy atom. The third-order valence-corrected chi connectivity index (χ3v) is 5.04. The van der Waals surface area contributed by atoms with Gasteiger partial charge in [-0.3, -0.25) is 0 Å². The molecule has 3 heterocycles. The number of rotatable bonds is 7. The van der Waals surface area contributed by atoms with Crippen LogP contribution in [0.3, 0.4) is 0 Å². The summed E-state index contributed by atoms with van der Waals surface area (Å²) in [7, 11) is 0. The fourth-order valence-corrected chi connectivity index (χ4v) is 3.55. The molecule has 1 aliphatic heterocycles. The summed E-state index contributed by atoms with van der Waals surface area (Å²) in [5.41, 5.74) is 0. The molecule has 3 rings (SSSR count). The Morgan fingerprint density at radius 1 is 1.29 bits per heavy atom. The van der Waals surface area contributed by atoms with Gasteiger partial charge in [0.2, 0.25) is 16.9 Å². The van der Waals surface area contributed by atoms with Crippen molar-refractivity contribution in [1.29, 1.82) is 0 Å². The summed E-state index contributed by atoms with van der Waals surface area (Å²) in [5, 5.41) is 20.3. The van der Waals surface area contributed by atoms with Crippen LogP contribution in [0.1, 0.15) is 31.5 Å². The molecule has 0 amide bonds. The van der Waals surface area contributed by atoms with E-state index >= 15 is 0 Å². The predicted molar refractivity (Wildman–Crippen MR) is 80.6 cm³/mol. The molecule has 1 fully saturated rings. The first kappa shape index (κ1) is 14.7. The maximum Gasteiger partial charge on any atom is 0.226 e. The highest BCUT2D eigenvalue weighted by Gasteiger charge is 2.16. The van der Waals surface area contributed by atoms with Crippen molar-refractivity contribution in [3.05, 3.63) is 11.8 Å². The average molecular weight is 327 g/mol. The minimum Gasteiger partial charge on any atom is -0.424 e. The molecule has 7 nitrogen and oxygen atoms in total. The van der Waals surface area contributed by atoms with E-state index in [1.165, 1.54) is 11.3 Å². The number of anilines is 1. The van der Waals surface area contributed by atoms with E-state index in [1.807, 2.05) is 6.92 Å². The van der Waals surface area contributed by atoms with E-state index in [1.54, 1.807) is 11.8 Å². The van der Waals surface area contributed by atoms with Crippen LogP contribution in [0.2, 0.25) is 0 Å². The molecule has 2 aromatic heterocycles. The Kier molecular flexibility index (Phi) is 5.04. The van der Waals surface area contributed by atoms with E-state index in [9.17, 15) is 0 Å². The molecular formula is C12H17N5O2S2. The molecule has 0 bridgehead atoms. The number of aryl methyl sites for hydroxylation is 1. The van der Waals surface area contributed by atoms with Crippen molar-refractivity contribution < 1.29 is 9.15 Å². The second-order valence-electron chi connectivity index (χ2n) is 4.62. The molecule has 114 valence electrons. The third kappa shape index (κ3) is 4.14. The molecule has 0 saturated carbocycles. The average Bonchev–Trinajstić information content (AvgIpc) is 3.24. The largest absolute Gasteiger partial charge is 0.424 e. The minimum atomic E-state index is 0.302. The normalized spacial score (nSPS) is 18.2. The Bertz CT molecular complexity index is 568. The fraction of sp³-hybridized carbons (Fsp3) is 0.667. The molecule has 0 aromatic carbocycles. The lowest BCUT2D eigenvalue weighted by molar-refractivity contribution is 0.120.